The van der Waals surface area contributed by atoms with Crippen molar-refractivity contribution in [1.29, 1.82) is 0 Å². The number of oxazole rings is 1. The minimum absolute atomic E-state index is 0.314. The van der Waals surface area contributed by atoms with Crippen molar-refractivity contribution < 1.29 is 14.3 Å². The predicted octanol–water partition coefficient (Wildman–Crippen LogP) is 3.74. The highest BCUT2D eigenvalue weighted by molar-refractivity contribution is 7.99. The molecule has 0 saturated carbocycles. The standard InChI is InChI=1S/C12H7NO3S2/c14-11(15)10-5-7(6-17-10)18-12-13-8-3-1-2-4-9(8)16-12/h1-6H,(H,14,15). The molecule has 0 aliphatic heterocycles. The Labute approximate surface area is 110 Å². The van der Waals surface area contributed by atoms with E-state index in [1.165, 1.54) is 23.1 Å². The lowest BCUT2D eigenvalue weighted by molar-refractivity contribution is 0.0702. The Morgan fingerprint density at radius 2 is 2.22 bits per heavy atom. The molecular formula is C12H7NO3S2. The van der Waals surface area contributed by atoms with Crippen LogP contribution in [0.3, 0.4) is 0 Å². The summed E-state index contributed by atoms with van der Waals surface area (Å²) in [7, 11) is 0. The number of carboxylic acid groups (broad SMARTS) is 1. The third-order valence-electron chi connectivity index (χ3n) is 2.27. The summed E-state index contributed by atoms with van der Waals surface area (Å²) in [6, 6.07) is 9.12. The van der Waals surface area contributed by atoms with Crippen LogP contribution in [0.15, 0.2) is 50.2 Å². The van der Waals surface area contributed by atoms with E-state index >= 15 is 0 Å². The van der Waals surface area contributed by atoms with Crippen molar-refractivity contribution in [2.45, 2.75) is 10.1 Å². The number of aromatic nitrogens is 1. The molecule has 0 spiro atoms. The number of hydrogen-bond acceptors (Lipinski definition) is 5. The molecule has 2 heterocycles. The Kier molecular flexibility index (Phi) is 2.81. The number of aromatic carboxylic acids is 1. The van der Waals surface area contributed by atoms with Gasteiger partial charge in [0.15, 0.2) is 5.58 Å². The molecule has 2 aromatic heterocycles. The maximum absolute atomic E-state index is 10.8. The van der Waals surface area contributed by atoms with Crippen LogP contribution in [0.2, 0.25) is 0 Å². The van der Waals surface area contributed by atoms with Gasteiger partial charge < -0.3 is 9.52 Å². The summed E-state index contributed by atoms with van der Waals surface area (Å²) in [6.07, 6.45) is 0. The van der Waals surface area contributed by atoms with Crippen LogP contribution in [0, 0.1) is 0 Å². The van der Waals surface area contributed by atoms with Gasteiger partial charge in [-0.3, -0.25) is 0 Å². The first-order valence-electron chi connectivity index (χ1n) is 5.07. The lowest BCUT2D eigenvalue weighted by atomic mass is 10.3. The van der Waals surface area contributed by atoms with Crippen LogP contribution < -0.4 is 0 Å². The fourth-order valence-electron chi connectivity index (χ4n) is 1.48. The van der Waals surface area contributed by atoms with Gasteiger partial charge in [-0.1, -0.05) is 12.1 Å². The second-order valence-corrected chi connectivity index (χ2v) is 5.44. The number of benzene rings is 1. The van der Waals surface area contributed by atoms with Crippen LogP contribution >= 0.6 is 23.1 Å². The Hall–Kier alpha value is -1.79. The van der Waals surface area contributed by atoms with E-state index in [2.05, 4.69) is 4.98 Å². The molecule has 0 bridgehead atoms. The van der Waals surface area contributed by atoms with Gasteiger partial charge in [0.25, 0.3) is 5.22 Å². The first-order chi connectivity index (χ1) is 8.72. The summed E-state index contributed by atoms with van der Waals surface area (Å²) >= 11 is 2.51. The number of nitrogens with zero attached hydrogens (tertiary/aromatic N) is 1. The Morgan fingerprint density at radius 3 is 2.94 bits per heavy atom. The Bertz CT molecular complexity index is 684. The van der Waals surface area contributed by atoms with E-state index in [0.29, 0.717) is 10.1 Å². The fraction of sp³-hybridized carbons (Fsp3) is 0. The van der Waals surface area contributed by atoms with Gasteiger partial charge in [0, 0.05) is 10.3 Å². The smallest absolute Gasteiger partial charge is 0.345 e. The van der Waals surface area contributed by atoms with Gasteiger partial charge >= 0.3 is 5.97 Å². The van der Waals surface area contributed by atoms with Gasteiger partial charge in [0.2, 0.25) is 0 Å². The van der Waals surface area contributed by atoms with E-state index in [-0.39, 0.29) is 0 Å². The van der Waals surface area contributed by atoms with Crippen LogP contribution in [0.5, 0.6) is 0 Å². The second kappa shape index (κ2) is 4.47. The average molecular weight is 277 g/mol. The monoisotopic (exact) mass is 277 g/mol. The minimum atomic E-state index is -0.913. The largest absolute Gasteiger partial charge is 0.477 e. The number of carbonyl (C=O) groups is 1. The zero-order valence-corrected chi connectivity index (χ0v) is 10.6. The van der Waals surface area contributed by atoms with Crippen LogP contribution in [-0.2, 0) is 0 Å². The number of carboxylic acids is 1. The summed E-state index contributed by atoms with van der Waals surface area (Å²) in [5.74, 6) is -0.913. The van der Waals surface area contributed by atoms with Crippen molar-refractivity contribution >= 4 is 40.2 Å². The highest BCUT2D eigenvalue weighted by Crippen LogP contribution is 2.32. The molecule has 0 aliphatic rings. The fourth-order valence-corrected chi connectivity index (χ4v) is 3.15. The van der Waals surface area contributed by atoms with E-state index in [1.54, 1.807) is 11.4 Å². The van der Waals surface area contributed by atoms with E-state index < -0.39 is 5.97 Å². The zero-order chi connectivity index (χ0) is 12.5. The Morgan fingerprint density at radius 1 is 1.39 bits per heavy atom. The van der Waals surface area contributed by atoms with Crippen LogP contribution in [0.1, 0.15) is 9.67 Å². The van der Waals surface area contributed by atoms with Crippen molar-refractivity contribution in [1.82, 2.24) is 4.98 Å². The molecule has 1 N–H and O–H groups in total. The highest BCUT2D eigenvalue weighted by atomic mass is 32.2. The quantitative estimate of drug-likeness (QED) is 0.790. The topological polar surface area (TPSA) is 63.3 Å². The van der Waals surface area contributed by atoms with Crippen molar-refractivity contribution in [3.8, 4) is 0 Å². The second-order valence-electron chi connectivity index (χ2n) is 3.50. The Balaban J connectivity index is 1.88. The first-order valence-corrected chi connectivity index (χ1v) is 6.77. The lowest BCUT2D eigenvalue weighted by Gasteiger charge is -1.89. The molecule has 0 atom stereocenters. The number of hydrogen-bond donors (Lipinski definition) is 1. The molecule has 0 unspecified atom stereocenters. The molecule has 18 heavy (non-hydrogen) atoms. The van der Waals surface area contributed by atoms with E-state index in [4.69, 9.17) is 9.52 Å². The molecule has 3 rings (SSSR count). The van der Waals surface area contributed by atoms with Gasteiger partial charge in [-0.05, 0) is 30.0 Å². The van der Waals surface area contributed by atoms with Crippen molar-refractivity contribution in [3.05, 3.63) is 40.6 Å². The molecule has 90 valence electrons. The summed E-state index contributed by atoms with van der Waals surface area (Å²) in [6.45, 7) is 0. The molecule has 0 radical (unpaired) electrons. The van der Waals surface area contributed by atoms with Crippen LogP contribution in [0.25, 0.3) is 11.1 Å². The van der Waals surface area contributed by atoms with Gasteiger partial charge in [-0.25, -0.2) is 9.78 Å². The van der Waals surface area contributed by atoms with Crippen molar-refractivity contribution in [3.63, 3.8) is 0 Å². The van der Waals surface area contributed by atoms with E-state index in [9.17, 15) is 4.79 Å². The molecule has 1 aromatic carbocycles. The number of thiophene rings is 1. The molecule has 0 aliphatic carbocycles. The molecule has 3 aromatic rings. The summed E-state index contributed by atoms with van der Waals surface area (Å²) in [4.78, 5) is 16.2. The molecular weight excluding hydrogens is 270 g/mol. The van der Waals surface area contributed by atoms with Crippen LogP contribution in [-0.4, -0.2) is 16.1 Å². The number of rotatable bonds is 3. The van der Waals surface area contributed by atoms with Gasteiger partial charge in [0.05, 0.1) is 0 Å². The third kappa shape index (κ3) is 2.12. The molecule has 0 saturated heterocycles. The zero-order valence-electron chi connectivity index (χ0n) is 8.99. The average Bonchev–Trinajstić information content (AvgIpc) is 2.94. The number of para-hydroxylation sites is 2. The van der Waals surface area contributed by atoms with Gasteiger partial charge in [-0.15, -0.1) is 11.3 Å². The minimum Gasteiger partial charge on any atom is -0.477 e. The van der Waals surface area contributed by atoms with Gasteiger partial charge in [-0.2, -0.15) is 0 Å². The normalized spacial score (nSPS) is 10.9. The van der Waals surface area contributed by atoms with Crippen molar-refractivity contribution in [2.75, 3.05) is 0 Å². The maximum Gasteiger partial charge on any atom is 0.345 e. The summed E-state index contributed by atoms with van der Waals surface area (Å²) in [5, 5.41) is 11.1. The third-order valence-corrected chi connectivity index (χ3v) is 4.15. The predicted molar refractivity (Wildman–Crippen MR) is 69.4 cm³/mol. The first kappa shape index (κ1) is 11.3. The van der Waals surface area contributed by atoms with E-state index in [1.807, 2.05) is 24.3 Å². The SMILES string of the molecule is O=C(O)c1cc(Sc2nc3ccccc3o2)cs1. The highest BCUT2D eigenvalue weighted by Gasteiger charge is 2.11. The molecule has 4 nitrogen and oxygen atoms in total. The maximum atomic E-state index is 10.8. The summed E-state index contributed by atoms with van der Waals surface area (Å²) in [5.41, 5.74) is 1.53. The van der Waals surface area contributed by atoms with Gasteiger partial charge in [0.1, 0.15) is 10.4 Å². The van der Waals surface area contributed by atoms with Crippen molar-refractivity contribution in [2.24, 2.45) is 0 Å². The lowest BCUT2D eigenvalue weighted by Crippen LogP contribution is -1.89. The summed E-state index contributed by atoms with van der Waals surface area (Å²) < 4.78 is 5.55. The van der Waals surface area contributed by atoms with Crippen LogP contribution in [0.4, 0.5) is 0 Å². The number of fused-ring (bicyclic) bond motifs is 1. The molecule has 6 heteroatoms. The van der Waals surface area contributed by atoms with E-state index in [0.717, 1.165) is 16.0 Å². The molecule has 0 amide bonds. The molecule has 0 fully saturated rings.